The maximum atomic E-state index is 13.2. The van der Waals surface area contributed by atoms with E-state index in [0.29, 0.717) is 48.5 Å². The van der Waals surface area contributed by atoms with E-state index >= 15 is 0 Å². The van der Waals surface area contributed by atoms with Gasteiger partial charge in [0, 0.05) is 0 Å². The van der Waals surface area contributed by atoms with Gasteiger partial charge in [0.05, 0.1) is 22.3 Å². The zero-order valence-electron chi connectivity index (χ0n) is 25.8. The normalized spacial score (nSPS) is 11.9. The fourth-order valence-corrected chi connectivity index (χ4v) is 4.22. The maximum absolute atomic E-state index is 13.2. The summed E-state index contributed by atoms with van der Waals surface area (Å²) in [6, 6.07) is 5.23. The van der Waals surface area contributed by atoms with E-state index in [2.05, 4.69) is 0 Å². The molecule has 0 aromatic heterocycles. The van der Waals surface area contributed by atoms with Gasteiger partial charge in [0.2, 0.25) is 0 Å². The summed E-state index contributed by atoms with van der Waals surface area (Å²) in [6.07, 6.45) is -4.13. The van der Waals surface area contributed by atoms with E-state index in [9.17, 15) is 80.5 Å². The Hall–Kier alpha value is -7.64. The molecular weight excluding hydrogens is 704 g/mol. The predicted molar refractivity (Wildman–Crippen MR) is 165 cm³/mol. The summed E-state index contributed by atoms with van der Waals surface area (Å²) in [6.45, 7) is -2.27. The molecule has 0 aliphatic heterocycles. The molecule has 0 aliphatic carbocycles. The number of carbonyl (C=O) groups excluding carboxylic acids is 4. The van der Waals surface area contributed by atoms with Crippen molar-refractivity contribution in [3.8, 4) is 69.0 Å². The molecule has 4 rings (SSSR count). The third kappa shape index (κ3) is 8.14. The lowest BCUT2D eigenvalue weighted by Gasteiger charge is -2.27. The standard InChI is InChI=1S/C32H26O20/c33-15-1-11(2-16(34)25(15)41)29(45)49-9-23(51-31(47)13-5-19(37)27(43)20(38)6-13)24(52-32(48)14-7-21(39)28(44)22(40)8-14)10-50-30(46)12-3-17(35)26(42)18(36)4-12/h1-8,23-24,33-44H,9-10H2/t23-,24-/m0/s1. The first-order chi connectivity index (χ1) is 24.4. The minimum Gasteiger partial charge on any atom is -0.504 e. The molecule has 0 unspecified atom stereocenters. The molecule has 52 heavy (non-hydrogen) atoms. The Bertz CT molecular complexity index is 1830. The number of rotatable bonds is 11. The highest BCUT2D eigenvalue weighted by molar-refractivity contribution is 5.93. The Morgan fingerprint density at radius 1 is 0.365 bits per heavy atom. The molecule has 0 aliphatic rings. The van der Waals surface area contributed by atoms with Crippen LogP contribution in [0.3, 0.4) is 0 Å². The van der Waals surface area contributed by atoms with E-state index in [1.165, 1.54) is 0 Å². The first-order valence-corrected chi connectivity index (χ1v) is 14.1. The van der Waals surface area contributed by atoms with Crippen LogP contribution in [0.15, 0.2) is 48.5 Å². The molecule has 0 saturated carbocycles. The van der Waals surface area contributed by atoms with Crippen molar-refractivity contribution in [3.05, 3.63) is 70.8 Å². The van der Waals surface area contributed by atoms with Gasteiger partial charge in [0.25, 0.3) is 0 Å². The van der Waals surface area contributed by atoms with E-state index < -0.39 is 141 Å². The van der Waals surface area contributed by atoms with E-state index in [4.69, 9.17) is 18.9 Å². The van der Waals surface area contributed by atoms with E-state index in [1.807, 2.05) is 0 Å². The molecule has 0 amide bonds. The van der Waals surface area contributed by atoms with E-state index in [1.54, 1.807) is 0 Å². The Balaban J connectivity index is 1.73. The highest BCUT2D eigenvalue weighted by Crippen LogP contribution is 2.38. The van der Waals surface area contributed by atoms with Gasteiger partial charge in [-0.05, 0) is 48.5 Å². The predicted octanol–water partition coefficient (Wildman–Crippen LogP) is 1.62. The fourth-order valence-electron chi connectivity index (χ4n) is 4.22. The van der Waals surface area contributed by atoms with Crippen LogP contribution in [0, 0.1) is 0 Å². The van der Waals surface area contributed by atoms with Crippen LogP contribution in [0.5, 0.6) is 69.0 Å². The van der Waals surface area contributed by atoms with Crippen LogP contribution in [0.2, 0.25) is 0 Å². The van der Waals surface area contributed by atoms with Gasteiger partial charge in [-0.25, -0.2) is 19.2 Å². The van der Waals surface area contributed by atoms with Crippen molar-refractivity contribution in [1.82, 2.24) is 0 Å². The number of benzene rings is 4. The van der Waals surface area contributed by atoms with Gasteiger partial charge in [0.1, 0.15) is 13.2 Å². The molecule has 12 N–H and O–H groups in total. The molecule has 2 atom stereocenters. The third-order valence-electron chi connectivity index (χ3n) is 6.91. The lowest BCUT2D eigenvalue weighted by atomic mass is 10.1. The van der Waals surface area contributed by atoms with Crippen LogP contribution in [-0.2, 0) is 18.9 Å². The lowest BCUT2D eigenvalue weighted by Crippen LogP contribution is -2.42. The first-order valence-electron chi connectivity index (χ1n) is 14.1. The largest absolute Gasteiger partial charge is 0.504 e. The second-order valence-electron chi connectivity index (χ2n) is 10.5. The second-order valence-corrected chi connectivity index (χ2v) is 10.5. The Morgan fingerprint density at radius 2 is 0.558 bits per heavy atom. The Kier molecular flexibility index (Phi) is 10.6. The molecule has 0 heterocycles. The summed E-state index contributed by atoms with van der Waals surface area (Å²) in [5, 5.41) is 117. The van der Waals surface area contributed by atoms with Gasteiger partial charge in [-0.2, -0.15) is 0 Å². The summed E-state index contributed by atoms with van der Waals surface area (Å²) < 4.78 is 20.8. The number of phenolic OH excluding ortho intramolecular Hbond substituents is 12. The van der Waals surface area contributed by atoms with Gasteiger partial charge in [0.15, 0.2) is 81.2 Å². The van der Waals surface area contributed by atoms with Crippen LogP contribution in [-0.4, -0.2) is 111 Å². The molecule has 20 nitrogen and oxygen atoms in total. The van der Waals surface area contributed by atoms with Crippen LogP contribution in [0.1, 0.15) is 41.4 Å². The van der Waals surface area contributed by atoms with Crippen molar-refractivity contribution in [2.75, 3.05) is 13.2 Å². The number of carbonyl (C=O) groups is 4. The summed E-state index contributed by atoms with van der Waals surface area (Å²) in [7, 11) is 0. The Labute approximate surface area is 288 Å². The first kappa shape index (κ1) is 37.2. The number of hydrogen-bond donors (Lipinski definition) is 12. The smallest absolute Gasteiger partial charge is 0.338 e. The van der Waals surface area contributed by atoms with Crippen molar-refractivity contribution in [2.24, 2.45) is 0 Å². The molecule has 274 valence electrons. The van der Waals surface area contributed by atoms with Gasteiger partial charge in [-0.3, -0.25) is 0 Å². The zero-order chi connectivity index (χ0) is 38.6. The van der Waals surface area contributed by atoms with Gasteiger partial charge < -0.3 is 80.2 Å². The molecular formula is C32H26O20. The zero-order valence-corrected chi connectivity index (χ0v) is 25.8. The molecule has 4 aromatic carbocycles. The lowest BCUT2D eigenvalue weighted by molar-refractivity contribution is -0.0753. The second kappa shape index (κ2) is 14.9. The van der Waals surface area contributed by atoms with Crippen LogP contribution >= 0.6 is 0 Å². The summed E-state index contributed by atoms with van der Waals surface area (Å²) in [5.41, 5.74) is -2.45. The van der Waals surface area contributed by atoms with E-state index in [-0.39, 0.29) is 0 Å². The summed E-state index contributed by atoms with van der Waals surface area (Å²) >= 11 is 0. The number of phenols is 12. The third-order valence-corrected chi connectivity index (χ3v) is 6.91. The van der Waals surface area contributed by atoms with E-state index in [0.717, 1.165) is 0 Å². The number of esters is 4. The minimum absolute atomic E-state index is 0.576. The van der Waals surface area contributed by atoms with Crippen molar-refractivity contribution in [3.63, 3.8) is 0 Å². The average molecular weight is 731 g/mol. The quantitative estimate of drug-likeness (QED) is 0.0592. The SMILES string of the molecule is O=C(OC[C@H](OC(=O)c1cc(O)c(O)c(O)c1)[C@H](COC(=O)c1cc(O)c(O)c(O)c1)OC(=O)c1cc(O)c(O)c(O)c1)c1cc(O)c(O)c(O)c1. The molecule has 0 spiro atoms. The molecule has 0 saturated heterocycles. The fraction of sp³-hybridized carbons (Fsp3) is 0.125. The number of ether oxygens (including phenoxy) is 4. The minimum atomic E-state index is -2.06. The molecule has 0 bridgehead atoms. The molecule has 4 aromatic rings. The van der Waals surface area contributed by atoms with Crippen LogP contribution in [0.4, 0.5) is 0 Å². The van der Waals surface area contributed by atoms with Gasteiger partial charge in [-0.1, -0.05) is 0 Å². The summed E-state index contributed by atoms with van der Waals surface area (Å²) in [5.74, 6) is -17.5. The number of hydrogen-bond acceptors (Lipinski definition) is 20. The molecule has 0 fully saturated rings. The van der Waals surface area contributed by atoms with Crippen molar-refractivity contribution in [1.29, 1.82) is 0 Å². The highest BCUT2D eigenvalue weighted by atomic mass is 16.6. The Morgan fingerprint density at radius 3 is 0.769 bits per heavy atom. The van der Waals surface area contributed by atoms with Crippen LogP contribution < -0.4 is 0 Å². The monoisotopic (exact) mass is 730 g/mol. The van der Waals surface area contributed by atoms with Crippen LogP contribution in [0.25, 0.3) is 0 Å². The van der Waals surface area contributed by atoms with Gasteiger partial charge >= 0.3 is 23.9 Å². The van der Waals surface area contributed by atoms with Crippen molar-refractivity contribution < 1.29 is 99.4 Å². The topological polar surface area (TPSA) is 348 Å². The van der Waals surface area contributed by atoms with Crippen molar-refractivity contribution >= 4 is 23.9 Å². The average Bonchev–Trinajstić information content (AvgIpc) is 3.09. The number of aromatic hydroxyl groups is 12. The molecule has 20 heteroatoms. The molecule has 0 radical (unpaired) electrons. The van der Waals surface area contributed by atoms with Crippen molar-refractivity contribution in [2.45, 2.75) is 12.2 Å². The maximum Gasteiger partial charge on any atom is 0.338 e. The highest BCUT2D eigenvalue weighted by Gasteiger charge is 2.34. The summed E-state index contributed by atoms with van der Waals surface area (Å²) in [4.78, 5) is 52.1. The van der Waals surface area contributed by atoms with Gasteiger partial charge in [-0.15, -0.1) is 0 Å².